The number of hydrogen-bond acceptors (Lipinski definition) is 4. The molecular formula is C14H15ClN2O2S. The van der Waals surface area contributed by atoms with Crippen molar-refractivity contribution in [2.45, 2.75) is 19.3 Å². The quantitative estimate of drug-likeness (QED) is 0.643. The van der Waals surface area contributed by atoms with Crippen molar-refractivity contribution in [3.8, 4) is 0 Å². The number of halogens is 1. The van der Waals surface area contributed by atoms with E-state index in [0.29, 0.717) is 17.3 Å². The van der Waals surface area contributed by atoms with Gasteiger partial charge in [0.1, 0.15) is 5.69 Å². The molecule has 0 aliphatic heterocycles. The SMILES string of the molecule is CC(C)(CNc1ccc(Cl)cc1[N+](=O)[O-])c1cccs1. The Bertz CT molecular complexity index is 612. The molecule has 6 heteroatoms. The minimum Gasteiger partial charge on any atom is -0.379 e. The van der Waals surface area contributed by atoms with Crippen molar-refractivity contribution in [1.29, 1.82) is 0 Å². The third-order valence-corrected chi connectivity index (χ3v) is 4.54. The van der Waals surface area contributed by atoms with Crippen LogP contribution in [-0.2, 0) is 5.41 Å². The predicted octanol–water partition coefficient (Wildman–Crippen LogP) is 4.70. The maximum absolute atomic E-state index is 11.0. The number of hydrogen-bond donors (Lipinski definition) is 1. The van der Waals surface area contributed by atoms with Crippen LogP contribution in [0, 0.1) is 10.1 Å². The van der Waals surface area contributed by atoms with Crippen molar-refractivity contribution in [3.05, 3.63) is 55.7 Å². The molecule has 0 aliphatic rings. The second kappa shape index (κ2) is 5.81. The highest BCUT2D eigenvalue weighted by molar-refractivity contribution is 7.10. The van der Waals surface area contributed by atoms with E-state index in [9.17, 15) is 10.1 Å². The van der Waals surface area contributed by atoms with Crippen molar-refractivity contribution in [1.82, 2.24) is 0 Å². The van der Waals surface area contributed by atoms with Crippen LogP contribution in [0.1, 0.15) is 18.7 Å². The van der Waals surface area contributed by atoms with Crippen molar-refractivity contribution in [3.63, 3.8) is 0 Å². The van der Waals surface area contributed by atoms with E-state index in [4.69, 9.17) is 11.6 Å². The van der Waals surface area contributed by atoms with Crippen molar-refractivity contribution in [2.24, 2.45) is 0 Å². The summed E-state index contributed by atoms with van der Waals surface area (Å²) in [7, 11) is 0. The first kappa shape index (κ1) is 14.8. The molecule has 0 amide bonds. The van der Waals surface area contributed by atoms with Gasteiger partial charge in [0.2, 0.25) is 0 Å². The molecule has 0 radical (unpaired) electrons. The van der Waals surface area contributed by atoms with E-state index >= 15 is 0 Å². The highest BCUT2D eigenvalue weighted by Gasteiger charge is 2.23. The zero-order chi connectivity index (χ0) is 14.8. The van der Waals surface area contributed by atoms with Gasteiger partial charge in [0.25, 0.3) is 5.69 Å². The third-order valence-electron chi connectivity index (χ3n) is 3.07. The smallest absolute Gasteiger partial charge is 0.293 e. The third kappa shape index (κ3) is 3.29. The second-order valence-electron chi connectivity index (χ2n) is 5.13. The highest BCUT2D eigenvalue weighted by atomic mass is 35.5. The van der Waals surface area contributed by atoms with Gasteiger partial charge in [-0.15, -0.1) is 11.3 Å². The molecule has 0 saturated carbocycles. The topological polar surface area (TPSA) is 55.2 Å². The molecule has 0 bridgehead atoms. The molecule has 20 heavy (non-hydrogen) atoms. The maximum Gasteiger partial charge on any atom is 0.293 e. The fourth-order valence-corrected chi connectivity index (χ4v) is 2.89. The van der Waals surface area contributed by atoms with Gasteiger partial charge in [-0.3, -0.25) is 10.1 Å². The standard InChI is InChI=1S/C14H15ClN2O2S/c1-14(2,13-4-3-7-20-13)9-16-11-6-5-10(15)8-12(11)17(18)19/h3-8,16H,9H2,1-2H3. The van der Waals surface area contributed by atoms with E-state index in [1.807, 2.05) is 11.4 Å². The van der Waals surface area contributed by atoms with E-state index < -0.39 is 4.92 Å². The fraction of sp³-hybridized carbons (Fsp3) is 0.286. The Hall–Kier alpha value is -1.59. The van der Waals surface area contributed by atoms with E-state index in [0.717, 1.165) is 0 Å². The number of nitrogens with one attached hydrogen (secondary N) is 1. The first-order valence-electron chi connectivity index (χ1n) is 6.12. The summed E-state index contributed by atoms with van der Waals surface area (Å²) in [4.78, 5) is 11.8. The van der Waals surface area contributed by atoms with Gasteiger partial charge in [-0.1, -0.05) is 31.5 Å². The Labute approximate surface area is 126 Å². The van der Waals surface area contributed by atoms with Crippen LogP contribution in [0.2, 0.25) is 5.02 Å². The zero-order valence-electron chi connectivity index (χ0n) is 11.2. The molecule has 1 aromatic carbocycles. The lowest BCUT2D eigenvalue weighted by molar-refractivity contribution is -0.383. The Morgan fingerprint density at radius 2 is 2.15 bits per heavy atom. The van der Waals surface area contributed by atoms with Crippen molar-refractivity contribution in [2.75, 3.05) is 11.9 Å². The van der Waals surface area contributed by atoms with E-state index in [1.165, 1.54) is 10.9 Å². The minimum atomic E-state index is -0.424. The van der Waals surface area contributed by atoms with Crippen molar-refractivity contribution >= 4 is 34.3 Å². The largest absolute Gasteiger partial charge is 0.379 e. The Morgan fingerprint density at radius 3 is 2.75 bits per heavy atom. The number of anilines is 1. The average Bonchev–Trinajstić information content (AvgIpc) is 2.91. The van der Waals surface area contributed by atoms with E-state index in [1.54, 1.807) is 23.5 Å². The Balaban J connectivity index is 2.17. The van der Waals surface area contributed by atoms with Gasteiger partial charge in [-0.25, -0.2) is 0 Å². The fourth-order valence-electron chi connectivity index (χ4n) is 1.87. The maximum atomic E-state index is 11.0. The Morgan fingerprint density at radius 1 is 1.40 bits per heavy atom. The van der Waals surface area contributed by atoms with Crippen LogP contribution < -0.4 is 5.32 Å². The molecule has 0 unspecified atom stereocenters. The van der Waals surface area contributed by atoms with Crippen LogP contribution in [0.5, 0.6) is 0 Å². The first-order valence-corrected chi connectivity index (χ1v) is 7.38. The monoisotopic (exact) mass is 310 g/mol. The lowest BCUT2D eigenvalue weighted by Gasteiger charge is -2.24. The van der Waals surface area contributed by atoms with Crippen LogP contribution in [-0.4, -0.2) is 11.5 Å². The van der Waals surface area contributed by atoms with Gasteiger partial charge in [0.15, 0.2) is 0 Å². The summed E-state index contributed by atoms with van der Waals surface area (Å²) in [5.41, 5.74) is 0.394. The summed E-state index contributed by atoms with van der Waals surface area (Å²) < 4.78 is 0. The number of rotatable bonds is 5. The number of nitrogens with zero attached hydrogens (tertiary/aromatic N) is 1. The summed E-state index contributed by atoms with van der Waals surface area (Å²) >= 11 is 7.48. The van der Waals surface area contributed by atoms with E-state index in [-0.39, 0.29) is 11.1 Å². The number of nitro benzene ring substituents is 1. The van der Waals surface area contributed by atoms with Gasteiger partial charge >= 0.3 is 0 Å². The number of thiophene rings is 1. The molecule has 2 aromatic rings. The number of benzene rings is 1. The molecule has 2 rings (SSSR count). The summed E-state index contributed by atoms with van der Waals surface area (Å²) in [6.07, 6.45) is 0. The molecule has 0 spiro atoms. The van der Waals surface area contributed by atoms with Crippen molar-refractivity contribution < 1.29 is 4.92 Å². The lowest BCUT2D eigenvalue weighted by Crippen LogP contribution is -2.26. The minimum absolute atomic E-state index is 0.000482. The van der Waals surface area contributed by atoms with Gasteiger partial charge in [-0.05, 0) is 23.6 Å². The summed E-state index contributed by atoms with van der Waals surface area (Å²) in [6.45, 7) is 4.82. The molecule has 0 fully saturated rings. The molecule has 4 nitrogen and oxygen atoms in total. The molecule has 106 valence electrons. The lowest BCUT2D eigenvalue weighted by atomic mass is 9.91. The van der Waals surface area contributed by atoms with Crippen LogP contribution in [0.25, 0.3) is 0 Å². The second-order valence-corrected chi connectivity index (χ2v) is 6.52. The Kier molecular flexibility index (Phi) is 4.30. The summed E-state index contributed by atoms with van der Waals surface area (Å²) in [5, 5.41) is 16.6. The molecule has 1 aromatic heterocycles. The molecular weight excluding hydrogens is 296 g/mol. The molecule has 0 aliphatic carbocycles. The average molecular weight is 311 g/mol. The van der Waals surface area contributed by atoms with E-state index in [2.05, 4.69) is 25.2 Å². The summed E-state index contributed by atoms with van der Waals surface area (Å²) in [5.74, 6) is 0. The normalized spacial score (nSPS) is 11.3. The predicted molar refractivity (Wildman–Crippen MR) is 83.9 cm³/mol. The van der Waals surface area contributed by atoms with Gasteiger partial charge < -0.3 is 5.32 Å². The molecule has 0 saturated heterocycles. The van der Waals surface area contributed by atoms with Crippen LogP contribution in [0.3, 0.4) is 0 Å². The highest BCUT2D eigenvalue weighted by Crippen LogP contribution is 2.31. The number of nitro groups is 1. The molecule has 1 heterocycles. The van der Waals surface area contributed by atoms with Crippen LogP contribution in [0.15, 0.2) is 35.7 Å². The zero-order valence-corrected chi connectivity index (χ0v) is 12.8. The van der Waals surface area contributed by atoms with Crippen LogP contribution in [0.4, 0.5) is 11.4 Å². The first-order chi connectivity index (χ1) is 9.40. The molecule has 1 N–H and O–H groups in total. The van der Waals surface area contributed by atoms with Crippen LogP contribution >= 0.6 is 22.9 Å². The summed E-state index contributed by atoms with van der Waals surface area (Å²) in [6, 6.07) is 8.73. The van der Waals surface area contributed by atoms with Gasteiger partial charge in [0.05, 0.1) is 4.92 Å². The molecule has 0 atom stereocenters. The van der Waals surface area contributed by atoms with Gasteiger partial charge in [0, 0.05) is 27.9 Å². The van der Waals surface area contributed by atoms with Gasteiger partial charge in [-0.2, -0.15) is 0 Å².